The van der Waals surface area contributed by atoms with Gasteiger partial charge in [0.25, 0.3) is 0 Å². The van der Waals surface area contributed by atoms with Gasteiger partial charge in [-0.05, 0) is 42.7 Å². The van der Waals surface area contributed by atoms with Gasteiger partial charge in [0.1, 0.15) is 11.9 Å². The molecule has 0 aliphatic heterocycles. The average molecular weight is 385 g/mol. The maximum atomic E-state index is 12.2. The van der Waals surface area contributed by atoms with E-state index in [0.29, 0.717) is 24.7 Å². The van der Waals surface area contributed by atoms with Gasteiger partial charge in [-0.2, -0.15) is 0 Å². The molecule has 0 heterocycles. The Morgan fingerprint density at radius 3 is 2.32 bits per heavy atom. The fourth-order valence-corrected chi connectivity index (χ4v) is 2.72. The molecule has 0 aliphatic rings. The molecule has 4 nitrogen and oxygen atoms in total. The molecule has 0 aromatic heterocycles. The summed E-state index contributed by atoms with van der Waals surface area (Å²) in [5, 5.41) is 0. The molecule has 0 aliphatic carbocycles. The minimum absolute atomic E-state index is 0.124. The van der Waals surface area contributed by atoms with E-state index in [1.54, 1.807) is 18.2 Å². The topological polar surface area (TPSA) is 44.8 Å². The predicted molar refractivity (Wildman–Crippen MR) is 113 cm³/mol. The highest BCUT2D eigenvalue weighted by Crippen LogP contribution is 2.16. The highest BCUT2D eigenvalue weighted by atomic mass is 16.5. The molecule has 0 fully saturated rings. The monoisotopic (exact) mass is 384 g/mol. The summed E-state index contributed by atoms with van der Waals surface area (Å²) >= 11 is 0. The van der Waals surface area contributed by atoms with E-state index in [1.807, 2.05) is 18.2 Å². The Balaban J connectivity index is 2.06. The second kappa shape index (κ2) is 12.9. The number of hydrogen-bond donors (Lipinski definition) is 0. The summed E-state index contributed by atoms with van der Waals surface area (Å²) in [6.45, 7) is 6.03. The average Bonchev–Trinajstić information content (AvgIpc) is 2.88. The minimum Gasteiger partial charge on any atom is -0.489 e. The summed E-state index contributed by atoms with van der Waals surface area (Å²) in [6.07, 6.45) is 4.72. The lowest BCUT2D eigenvalue weighted by atomic mass is 10.1. The molecule has 0 spiro atoms. The van der Waals surface area contributed by atoms with Crippen LogP contribution in [0.25, 0.3) is 0 Å². The largest absolute Gasteiger partial charge is 0.489 e. The molecule has 0 saturated heterocycles. The number of hydrogen-bond acceptors (Lipinski definition) is 4. The van der Waals surface area contributed by atoms with Crippen molar-refractivity contribution in [2.24, 2.45) is 0 Å². The highest BCUT2D eigenvalue weighted by Gasteiger charge is 2.12. The molecular formula is C24H32O4. The van der Waals surface area contributed by atoms with Crippen molar-refractivity contribution in [2.75, 3.05) is 19.8 Å². The van der Waals surface area contributed by atoms with Crippen molar-refractivity contribution >= 4 is 0 Å². The van der Waals surface area contributed by atoms with Gasteiger partial charge < -0.3 is 14.2 Å². The normalized spacial score (nSPS) is 11.8. The van der Waals surface area contributed by atoms with Gasteiger partial charge in [0.2, 0.25) is 5.43 Å². The van der Waals surface area contributed by atoms with Gasteiger partial charge in [-0.1, -0.05) is 57.0 Å². The lowest BCUT2D eigenvalue weighted by molar-refractivity contribution is 0.0489. The van der Waals surface area contributed by atoms with Gasteiger partial charge in [-0.25, -0.2) is 0 Å². The molecule has 2 aromatic rings. The van der Waals surface area contributed by atoms with E-state index < -0.39 is 0 Å². The fourth-order valence-electron chi connectivity index (χ4n) is 2.72. The molecule has 4 heteroatoms. The van der Waals surface area contributed by atoms with Crippen LogP contribution >= 0.6 is 0 Å². The van der Waals surface area contributed by atoms with Crippen molar-refractivity contribution in [3.05, 3.63) is 70.4 Å². The summed E-state index contributed by atoms with van der Waals surface area (Å²) < 4.78 is 17.6. The van der Waals surface area contributed by atoms with Gasteiger partial charge in [-0.15, -0.1) is 0 Å². The van der Waals surface area contributed by atoms with E-state index >= 15 is 0 Å². The number of benzene rings is 1. The molecule has 0 bridgehead atoms. The van der Waals surface area contributed by atoms with Crippen molar-refractivity contribution < 1.29 is 14.2 Å². The van der Waals surface area contributed by atoms with E-state index in [0.717, 1.165) is 38.7 Å². The number of rotatable bonds is 13. The second-order valence-electron chi connectivity index (χ2n) is 6.86. The molecule has 1 unspecified atom stereocenters. The van der Waals surface area contributed by atoms with Crippen LogP contribution in [0.15, 0.2) is 59.4 Å². The maximum Gasteiger partial charge on any atom is 0.220 e. The van der Waals surface area contributed by atoms with Crippen molar-refractivity contribution in [2.45, 2.75) is 52.1 Å². The molecule has 0 saturated carbocycles. The van der Waals surface area contributed by atoms with Crippen molar-refractivity contribution in [3.8, 4) is 11.5 Å². The molecule has 1 atom stereocenters. The van der Waals surface area contributed by atoms with Crippen LogP contribution in [0.4, 0.5) is 0 Å². The van der Waals surface area contributed by atoms with Crippen LogP contribution in [0.1, 0.15) is 45.1 Å². The third-order valence-corrected chi connectivity index (χ3v) is 4.35. The van der Waals surface area contributed by atoms with Crippen LogP contribution in [0.2, 0.25) is 0 Å². The van der Waals surface area contributed by atoms with Crippen LogP contribution < -0.4 is 14.9 Å². The Morgan fingerprint density at radius 2 is 1.57 bits per heavy atom. The SMILES string of the molecule is CCCCOCC(Cc1ccccc1)Oc1ccc(OCCCC)c(=O)cc1. The van der Waals surface area contributed by atoms with E-state index in [-0.39, 0.29) is 11.5 Å². The molecule has 0 N–H and O–H groups in total. The maximum absolute atomic E-state index is 12.2. The van der Waals surface area contributed by atoms with Gasteiger partial charge in [-0.3, -0.25) is 4.79 Å². The fraction of sp³-hybridized carbons (Fsp3) is 0.458. The Hall–Kier alpha value is -2.33. The molecule has 0 radical (unpaired) electrons. The molecule has 152 valence electrons. The van der Waals surface area contributed by atoms with Crippen molar-refractivity contribution in [3.63, 3.8) is 0 Å². The first-order chi connectivity index (χ1) is 13.7. The van der Waals surface area contributed by atoms with Crippen LogP contribution in [-0.4, -0.2) is 25.9 Å². The summed E-state index contributed by atoms with van der Waals surface area (Å²) in [6, 6.07) is 16.9. The Labute approximate surface area is 168 Å². The number of ether oxygens (including phenoxy) is 3. The number of unbranched alkanes of at least 4 members (excludes halogenated alkanes) is 2. The lowest BCUT2D eigenvalue weighted by Crippen LogP contribution is -2.26. The van der Waals surface area contributed by atoms with E-state index in [1.165, 1.54) is 11.6 Å². The van der Waals surface area contributed by atoms with Crippen molar-refractivity contribution in [1.82, 2.24) is 0 Å². The molecule has 0 amide bonds. The van der Waals surface area contributed by atoms with Crippen molar-refractivity contribution in [1.29, 1.82) is 0 Å². The van der Waals surface area contributed by atoms with E-state index in [4.69, 9.17) is 14.2 Å². The zero-order valence-electron chi connectivity index (χ0n) is 17.1. The van der Waals surface area contributed by atoms with E-state index in [2.05, 4.69) is 26.0 Å². The van der Waals surface area contributed by atoms with Gasteiger partial charge >= 0.3 is 0 Å². The summed E-state index contributed by atoms with van der Waals surface area (Å²) in [5.74, 6) is 1.00. The third-order valence-electron chi connectivity index (χ3n) is 4.35. The van der Waals surface area contributed by atoms with Gasteiger partial charge in [0.15, 0.2) is 5.75 Å². The van der Waals surface area contributed by atoms with Crippen LogP contribution in [-0.2, 0) is 11.2 Å². The first-order valence-electron chi connectivity index (χ1n) is 10.3. The molecule has 28 heavy (non-hydrogen) atoms. The van der Waals surface area contributed by atoms with Crippen LogP contribution in [0.5, 0.6) is 11.5 Å². The standard InChI is InChI=1S/C24H32O4/c1-3-5-16-26-19-22(18-20-10-8-7-9-11-20)28-21-12-14-23(25)24(15-13-21)27-17-6-4-2/h7-15,22H,3-6,16-19H2,1-2H3. The smallest absolute Gasteiger partial charge is 0.220 e. The summed E-state index contributed by atoms with van der Waals surface area (Å²) in [5.41, 5.74) is 1.06. The first-order valence-corrected chi connectivity index (χ1v) is 10.3. The summed E-state index contributed by atoms with van der Waals surface area (Å²) in [7, 11) is 0. The lowest BCUT2D eigenvalue weighted by Gasteiger charge is -2.19. The Kier molecular flexibility index (Phi) is 10.2. The minimum atomic E-state index is -0.134. The van der Waals surface area contributed by atoms with Gasteiger partial charge in [0, 0.05) is 13.0 Å². The highest BCUT2D eigenvalue weighted by molar-refractivity contribution is 5.29. The quantitative estimate of drug-likeness (QED) is 0.454. The third kappa shape index (κ3) is 8.13. The zero-order valence-corrected chi connectivity index (χ0v) is 17.1. The molecular weight excluding hydrogens is 352 g/mol. The molecule has 2 rings (SSSR count). The van der Waals surface area contributed by atoms with Crippen LogP contribution in [0, 0.1) is 0 Å². The zero-order chi connectivity index (χ0) is 20.0. The van der Waals surface area contributed by atoms with Gasteiger partial charge in [0.05, 0.1) is 13.2 Å². The predicted octanol–water partition coefficient (Wildman–Crippen LogP) is 5.03. The summed E-state index contributed by atoms with van der Waals surface area (Å²) in [4.78, 5) is 12.2. The Morgan fingerprint density at radius 1 is 0.857 bits per heavy atom. The Bertz CT molecular complexity index is 730. The van der Waals surface area contributed by atoms with Crippen LogP contribution in [0.3, 0.4) is 0 Å². The second-order valence-corrected chi connectivity index (χ2v) is 6.86. The first kappa shape index (κ1) is 22.0. The molecule has 2 aromatic carbocycles. The van der Waals surface area contributed by atoms with E-state index in [9.17, 15) is 4.79 Å².